The van der Waals surface area contributed by atoms with E-state index in [9.17, 15) is 14.9 Å². The number of nitro groups is 1. The largest absolute Gasteiger partial charge is 0.493 e. The molecule has 3 rings (SSSR count). The minimum absolute atomic E-state index is 0.00253. The second-order valence-electron chi connectivity index (χ2n) is 7.78. The van der Waals surface area contributed by atoms with Gasteiger partial charge in [-0.15, -0.1) is 0 Å². The summed E-state index contributed by atoms with van der Waals surface area (Å²) >= 11 is 0. The predicted octanol–water partition coefficient (Wildman–Crippen LogP) is 4.55. The van der Waals surface area contributed by atoms with Crippen molar-refractivity contribution in [1.82, 2.24) is 4.90 Å². The molecule has 32 heavy (non-hydrogen) atoms. The van der Waals surface area contributed by atoms with Gasteiger partial charge in [0, 0.05) is 24.6 Å². The molecule has 0 aliphatic carbocycles. The molecule has 0 N–H and O–H groups in total. The van der Waals surface area contributed by atoms with Crippen LogP contribution in [0.15, 0.2) is 36.4 Å². The summed E-state index contributed by atoms with van der Waals surface area (Å²) < 4.78 is 17.0. The zero-order valence-corrected chi connectivity index (χ0v) is 19.0. The summed E-state index contributed by atoms with van der Waals surface area (Å²) in [4.78, 5) is 25.7. The van der Waals surface area contributed by atoms with Crippen molar-refractivity contribution in [2.24, 2.45) is 5.92 Å². The van der Waals surface area contributed by atoms with Crippen molar-refractivity contribution < 1.29 is 23.9 Å². The molecule has 1 aliphatic heterocycles. The van der Waals surface area contributed by atoms with Crippen LogP contribution in [0.1, 0.15) is 43.9 Å². The Morgan fingerprint density at radius 3 is 2.31 bits per heavy atom. The minimum Gasteiger partial charge on any atom is -0.493 e. The summed E-state index contributed by atoms with van der Waals surface area (Å²) in [6.07, 6.45) is 2.27. The van der Waals surface area contributed by atoms with Crippen LogP contribution in [-0.2, 0) is 11.2 Å². The monoisotopic (exact) mass is 442 g/mol. The van der Waals surface area contributed by atoms with Gasteiger partial charge in [-0.05, 0) is 54.7 Å². The first-order valence-corrected chi connectivity index (χ1v) is 10.9. The SMILES string of the molecule is CCC(CC)C(=O)N1CCc2cc(OC)c(OC)cc2[C@@H]1COc1ccc([N+](=O)[O-])cc1. The summed E-state index contributed by atoms with van der Waals surface area (Å²) in [6, 6.07) is 9.54. The third kappa shape index (κ3) is 4.79. The molecule has 0 saturated carbocycles. The summed E-state index contributed by atoms with van der Waals surface area (Å²) in [5, 5.41) is 10.9. The third-order valence-corrected chi connectivity index (χ3v) is 6.08. The summed E-state index contributed by atoms with van der Waals surface area (Å²) in [5.74, 6) is 1.84. The number of carbonyl (C=O) groups excluding carboxylic acids is 1. The zero-order valence-electron chi connectivity index (χ0n) is 19.0. The Morgan fingerprint density at radius 2 is 1.75 bits per heavy atom. The first-order chi connectivity index (χ1) is 15.4. The van der Waals surface area contributed by atoms with Gasteiger partial charge < -0.3 is 19.1 Å². The van der Waals surface area contributed by atoms with Crippen molar-refractivity contribution in [3.05, 3.63) is 57.6 Å². The standard InChI is InChI=1S/C24H30N2O6/c1-5-16(6-2)24(27)25-12-11-17-13-22(30-3)23(31-4)14-20(17)21(25)15-32-19-9-7-18(8-10-19)26(28)29/h7-10,13-14,16,21H,5-6,11-12,15H2,1-4H3/t21-/m0/s1. The average Bonchev–Trinajstić information content (AvgIpc) is 2.82. The van der Waals surface area contributed by atoms with Gasteiger partial charge in [0.2, 0.25) is 5.91 Å². The number of nitrogens with zero attached hydrogens (tertiary/aromatic N) is 2. The number of benzene rings is 2. The smallest absolute Gasteiger partial charge is 0.269 e. The minimum atomic E-state index is -0.448. The number of rotatable bonds is 9. The maximum absolute atomic E-state index is 13.3. The summed E-state index contributed by atoms with van der Waals surface area (Å²) in [5.41, 5.74) is 2.06. The van der Waals surface area contributed by atoms with Crippen molar-refractivity contribution in [3.8, 4) is 17.2 Å². The van der Waals surface area contributed by atoms with E-state index in [1.807, 2.05) is 30.9 Å². The van der Waals surface area contributed by atoms with E-state index in [-0.39, 0.29) is 30.2 Å². The predicted molar refractivity (Wildman–Crippen MR) is 120 cm³/mol. The van der Waals surface area contributed by atoms with E-state index in [1.54, 1.807) is 26.4 Å². The third-order valence-electron chi connectivity index (χ3n) is 6.08. The number of methoxy groups -OCH3 is 2. The lowest BCUT2D eigenvalue weighted by atomic mass is 9.90. The van der Waals surface area contributed by atoms with E-state index in [1.165, 1.54) is 12.1 Å². The first-order valence-electron chi connectivity index (χ1n) is 10.9. The van der Waals surface area contributed by atoms with Gasteiger partial charge in [0.05, 0.1) is 25.2 Å². The Balaban J connectivity index is 1.94. The molecule has 2 aromatic carbocycles. The van der Waals surface area contributed by atoms with Crippen LogP contribution in [0.2, 0.25) is 0 Å². The van der Waals surface area contributed by atoms with E-state index in [2.05, 4.69) is 0 Å². The molecule has 172 valence electrons. The van der Waals surface area contributed by atoms with E-state index >= 15 is 0 Å². The Morgan fingerprint density at radius 1 is 1.12 bits per heavy atom. The van der Waals surface area contributed by atoms with Gasteiger partial charge in [-0.1, -0.05) is 13.8 Å². The molecule has 1 aliphatic rings. The van der Waals surface area contributed by atoms with Crippen molar-refractivity contribution in [2.45, 2.75) is 39.2 Å². The van der Waals surface area contributed by atoms with Crippen LogP contribution in [0, 0.1) is 16.0 Å². The van der Waals surface area contributed by atoms with Gasteiger partial charge in [0.1, 0.15) is 12.4 Å². The molecule has 0 radical (unpaired) electrons. The number of hydrogen-bond acceptors (Lipinski definition) is 6. The molecule has 8 heteroatoms. The van der Waals surface area contributed by atoms with Crippen LogP contribution in [-0.4, -0.2) is 43.1 Å². The van der Waals surface area contributed by atoms with Crippen LogP contribution in [0.5, 0.6) is 17.2 Å². The van der Waals surface area contributed by atoms with Gasteiger partial charge in [-0.2, -0.15) is 0 Å². The molecule has 0 fully saturated rings. The topological polar surface area (TPSA) is 91.1 Å². The van der Waals surface area contributed by atoms with E-state index in [0.29, 0.717) is 23.8 Å². The molecule has 1 heterocycles. The molecule has 2 aromatic rings. The highest BCUT2D eigenvalue weighted by Gasteiger charge is 2.35. The van der Waals surface area contributed by atoms with Crippen molar-refractivity contribution in [3.63, 3.8) is 0 Å². The van der Waals surface area contributed by atoms with Crippen molar-refractivity contribution in [1.29, 1.82) is 0 Å². The maximum atomic E-state index is 13.3. The van der Waals surface area contributed by atoms with E-state index in [4.69, 9.17) is 14.2 Å². The van der Waals surface area contributed by atoms with Gasteiger partial charge in [-0.25, -0.2) is 0 Å². The quantitative estimate of drug-likeness (QED) is 0.418. The van der Waals surface area contributed by atoms with E-state index in [0.717, 1.165) is 30.4 Å². The Hall–Kier alpha value is -3.29. The molecule has 0 spiro atoms. The zero-order chi connectivity index (χ0) is 23.3. The number of nitro benzene ring substituents is 1. The summed E-state index contributed by atoms with van der Waals surface area (Å²) in [7, 11) is 3.19. The van der Waals surface area contributed by atoms with Crippen LogP contribution in [0.4, 0.5) is 5.69 Å². The highest BCUT2D eigenvalue weighted by Crippen LogP contribution is 2.39. The fourth-order valence-electron chi connectivity index (χ4n) is 4.18. The number of amides is 1. The number of hydrogen-bond donors (Lipinski definition) is 0. The fourth-order valence-corrected chi connectivity index (χ4v) is 4.18. The number of ether oxygens (including phenoxy) is 3. The average molecular weight is 443 g/mol. The maximum Gasteiger partial charge on any atom is 0.269 e. The van der Waals surface area contributed by atoms with Crippen molar-refractivity contribution in [2.75, 3.05) is 27.4 Å². The van der Waals surface area contributed by atoms with Crippen LogP contribution >= 0.6 is 0 Å². The van der Waals surface area contributed by atoms with Crippen LogP contribution in [0.25, 0.3) is 0 Å². The molecule has 0 aromatic heterocycles. The van der Waals surface area contributed by atoms with Crippen LogP contribution in [0.3, 0.4) is 0 Å². The number of fused-ring (bicyclic) bond motifs is 1. The fraction of sp³-hybridized carbons (Fsp3) is 0.458. The second-order valence-corrected chi connectivity index (χ2v) is 7.78. The lowest BCUT2D eigenvalue weighted by molar-refractivity contribution is -0.384. The Bertz CT molecular complexity index is 956. The molecular weight excluding hydrogens is 412 g/mol. The van der Waals surface area contributed by atoms with Gasteiger partial charge in [-0.3, -0.25) is 14.9 Å². The van der Waals surface area contributed by atoms with Crippen molar-refractivity contribution >= 4 is 11.6 Å². The molecule has 0 bridgehead atoms. The molecule has 1 amide bonds. The number of non-ortho nitro benzene ring substituents is 1. The lowest BCUT2D eigenvalue weighted by Crippen LogP contribution is -2.45. The highest BCUT2D eigenvalue weighted by atomic mass is 16.6. The molecule has 0 saturated heterocycles. The number of carbonyl (C=O) groups is 1. The molecule has 1 atom stereocenters. The highest BCUT2D eigenvalue weighted by molar-refractivity contribution is 5.79. The first kappa shape index (κ1) is 23.4. The van der Waals surface area contributed by atoms with Gasteiger partial charge >= 0.3 is 0 Å². The molecular formula is C24H30N2O6. The van der Waals surface area contributed by atoms with Crippen LogP contribution < -0.4 is 14.2 Å². The molecule has 8 nitrogen and oxygen atoms in total. The summed E-state index contributed by atoms with van der Waals surface area (Å²) in [6.45, 7) is 4.87. The van der Waals surface area contributed by atoms with Gasteiger partial charge in [0.25, 0.3) is 5.69 Å². The Labute approximate surface area is 188 Å². The molecule has 0 unspecified atom stereocenters. The normalized spacial score (nSPS) is 15.3. The Kier molecular flexibility index (Phi) is 7.56. The van der Waals surface area contributed by atoms with E-state index < -0.39 is 4.92 Å². The van der Waals surface area contributed by atoms with Gasteiger partial charge in [0.15, 0.2) is 11.5 Å². The second kappa shape index (κ2) is 10.3. The lowest BCUT2D eigenvalue weighted by Gasteiger charge is -2.39.